The Hall–Kier alpha value is -3.80. The lowest BCUT2D eigenvalue weighted by Gasteiger charge is -2.17. The molecule has 0 saturated heterocycles. The second-order valence-corrected chi connectivity index (χ2v) is 8.45. The van der Waals surface area contributed by atoms with E-state index < -0.39 is 11.9 Å². The molecular formula is C27H28F3N3O3. The first-order valence-corrected chi connectivity index (χ1v) is 11.7. The Morgan fingerprint density at radius 3 is 2.56 bits per heavy atom. The molecule has 0 amide bonds. The molecule has 6 nitrogen and oxygen atoms in total. The number of carbonyl (C=O) groups excluding carboxylic acids is 1. The molecule has 0 radical (unpaired) electrons. The third-order valence-electron chi connectivity index (χ3n) is 5.64. The molecule has 0 unspecified atom stereocenters. The lowest BCUT2D eigenvalue weighted by molar-refractivity contribution is -0.144. The van der Waals surface area contributed by atoms with Gasteiger partial charge >= 0.3 is 12.1 Å². The summed E-state index contributed by atoms with van der Waals surface area (Å²) >= 11 is 0. The van der Waals surface area contributed by atoms with Gasteiger partial charge in [0.1, 0.15) is 17.3 Å². The van der Waals surface area contributed by atoms with E-state index in [1.54, 1.807) is 55.5 Å². The van der Waals surface area contributed by atoms with Gasteiger partial charge in [-0.05, 0) is 56.0 Å². The van der Waals surface area contributed by atoms with Crippen LogP contribution in [0.5, 0.6) is 5.75 Å². The van der Waals surface area contributed by atoms with E-state index in [1.807, 2.05) is 13.0 Å². The van der Waals surface area contributed by atoms with Gasteiger partial charge < -0.3 is 14.0 Å². The maximum absolute atomic E-state index is 13.8. The molecule has 0 saturated carbocycles. The Labute approximate surface area is 208 Å². The number of nitriles is 1. The summed E-state index contributed by atoms with van der Waals surface area (Å²) in [5.41, 5.74) is 0.585. The predicted octanol–water partition coefficient (Wildman–Crippen LogP) is 6.24. The van der Waals surface area contributed by atoms with Crippen molar-refractivity contribution in [2.45, 2.75) is 45.8 Å². The average Bonchev–Trinajstić information content (AvgIpc) is 3.27. The van der Waals surface area contributed by atoms with Crippen molar-refractivity contribution >= 4 is 5.97 Å². The van der Waals surface area contributed by atoms with E-state index in [0.29, 0.717) is 48.5 Å². The molecule has 190 valence electrons. The van der Waals surface area contributed by atoms with Crippen LogP contribution in [0.25, 0.3) is 11.4 Å². The van der Waals surface area contributed by atoms with Gasteiger partial charge in [0.25, 0.3) is 0 Å². The Balaban J connectivity index is 1.76. The number of alkyl halides is 3. The van der Waals surface area contributed by atoms with Gasteiger partial charge in [0, 0.05) is 17.5 Å². The first-order valence-electron chi connectivity index (χ1n) is 11.7. The molecule has 1 aromatic heterocycles. The Morgan fingerprint density at radius 2 is 1.89 bits per heavy atom. The molecule has 0 fully saturated rings. The van der Waals surface area contributed by atoms with Crippen LogP contribution >= 0.6 is 0 Å². The van der Waals surface area contributed by atoms with Crippen LogP contribution in [0.3, 0.4) is 0 Å². The molecule has 9 heteroatoms. The second-order valence-electron chi connectivity index (χ2n) is 8.45. The highest BCUT2D eigenvalue weighted by molar-refractivity contribution is 5.69. The largest absolute Gasteiger partial charge is 0.493 e. The van der Waals surface area contributed by atoms with Crippen LogP contribution in [0.1, 0.15) is 49.9 Å². The zero-order valence-corrected chi connectivity index (χ0v) is 20.2. The highest BCUT2D eigenvalue weighted by Gasteiger charge is 2.36. The van der Waals surface area contributed by atoms with Gasteiger partial charge in [-0.1, -0.05) is 25.1 Å². The van der Waals surface area contributed by atoms with Crippen molar-refractivity contribution in [3.63, 3.8) is 0 Å². The molecule has 3 rings (SSSR count). The van der Waals surface area contributed by atoms with Crippen LogP contribution in [0.15, 0.2) is 54.7 Å². The Bertz CT molecular complexity index is 1200. The molecule has 1 atom stereocenters. The zero-order valence-electron chi connectivity index (χ0n) is 20.2. The average molecular weight is 500 g/mol. The summed E-state index contributed by atoms with van der Waals surface area (Å²) in [5.74, 6) is 0.547. The third-order valence-corrected chi connectivity index (χ3v) is 5.64. The number of esters is 1. The summed E-state index contributed by atoms with van der Waals surface area (Å²) in [5, 5.41) is 9.01. The molecule has 0 spiro atoms. The van der Waals surface area contributed by atoms with E-state index in [1.165, 1.54) is 0 Å². The van der Waals surface area contributed by atoms with Gasteiger partial charge in [-0.15, -0.1) is 0 Å². The SMILES string of the molecule is CCOC(=O)C[C@H](C)CCCOc1ccccc1Cn1c(C(F)(F)F)cnc1-c1ccc(C#N)cc1. The smallest absolute Gasteiger partial charge is 0.433 e. The predicted molar refractivity (Wildman–Crippen MR) is 128 cm³/mol. The quantitative estimate of drug-likeness (QED) is 0.231. The number of imidazole rings is 1. The minimum absolute atomic E-state index is 0.0976. The maximum atomic E-state index is 13.8. The summed E-state index contributed by atoms with van der Waals surface area (Å²) in [7, 11) is 0. The summed E-state index contributed by atoms with van der Waals surface area (Å²) in [6.07, 6.45) is -2.00. The molecule has 0 aliphatic carbocycles. The van der Waals surface area contributed by atoms with Crippen molar-refractivity contribution in [1.82, 2.24) is 9.55 Å². The maximum Gasteiger partial charge on any atom is 0.433 e. The fraction of sp³-hybridized carbons (Fsp3) is 0.370. The second kappa shape index (κ2) is 12.2. The van der Waals surface area contributed by atoms with Crippen LogP contribution in [0.4, 0.5) is 13.2 Å². The van der Waals surface area contributed by atoms with E-state index in [4.69, 9.17) is 14.7 Å². The molecule has 0 aliphatic rings. The molecule has 1 heterocycles. The zero-order chi connectivity index (χ0) is 26.1. The lowest BCUT2D eigenvalue weighted by atomic mass is 10.0. The van der Waals surface area contributed by atoms with Crippen LogP contribution in [0, 0.1) is 17.2 Å². The van der Waals surface area contributed by atoms with Crippen molar-refractivity contribution < 1.29 is 27.4 Å². The Kier molecular flexibility index (Phi) is 9.12. The number of nitrogens with zero attached hydrogens (tertiary/aromatic N) is 3. The molecular weight excluding hydrogens is 471 g/mol. The van der Waals surface area contributed by atoms with Crippen LogP contribution < -0.4 is 4.74 Å². The Morgan fingerprint density at radius 1 is 1.17 bits per heavy atom. The molecule has 0 aliphatic heterocycles. The van der Waals surface area contributed by atoms with E-state index in [0.717, 1.165) is 17.2 Å². The van der Waals surface area contributed by atoms with Gasteiger partial charge in [-0.3, -0.25) is 4.79 Å². The van der Waals surface area contributed by atoms with E-state index in [9.17, 15) is 18.0 Å². The van der Waals surface area contributed by atoms with Crippen molar-refractivity contribution in [3.8, 4) is 23.2 Å². The number of halogens is 3. The first kappa shape index (κ1) is 26.8. The number of ether oxygens (including phenoxy) is 2. The van der Waals surface area contributed by atoms with E-state index in [2.05, 4.69) is 4.98 Å². The number of para-hydroxylation sites is 1. The van der Waals surface area contributed by atoms with Crippen LogP contribution in [-0.2, 0) is 22.3 Å². The van der Waals surface area contributed by atoms with Crippen molar-refractivity contribution in [1.29, 1.82) is 5.26 Å². The van der Waals surface area contributed by atoms with Crippen LogP contribution in [0.2, 0.25) is 0 Å². The van der Waals surface area contributed by atoms with Crippen molar-refractivity contribution in [3.05, 3.63) is 71.5 Å². The standard InChI is InChI=1S/C27H28F3N3O3/c1-3-35-25(34)15-19(2)7-6-14-36-23-9-5-4-8-22(23)18-33-24(27(28,29)30)17-32-26(33)21-12-10-20(16-31)11-13-21/h4-5,8-13,17,19H,3,6-7,14-15,18H2,1-2H3/t19-/m1/s1. The number of carbonyl (C=O) groups is 1. The summed E-state index contributed by atoms with van der Waals surface area (Å²) in [4.78, 5) is 15.7. The van der Waals surface area contributed by atoms with Gasteiger partial charge in [0.2, 0.25) is 0 Å². The summed E-state index contributed by atoms with van der Waals surface area (Å²) < 4.78 is 53.4. The minimum atomic E-state index is -4.59. The lowest BCUT2D eigenvalue weighted by Crippen LogP contribution is -2.16. The number of aromatic nitrogens is 2. The van der Waals surface area contributed by atoms with Gasteiger partial charge in [-0.25, -0.2) is 4.98 Å². The summed E-state index contributed by atoms with van der Waals surface area (Å²) in [6.45, 7) is 4.35. The monoisotopic (exact) mass is 499 g/mol. The van der Waals surface area contributed by atoms with Crippen LogP contribution in [-0.4, -0.2) is 28.7 Å². The van der Waals surface area contributed by atoms with Gasteiger partial charge in [0.15, 0.2) is 0 Å². The number of rotatable bonds is 11. The minimum Gasteiger partial charge on any atom is -0.493 e. The van der Waals surface area contributed by atoms with E-state index in [-0.39, 0.29) is 24.3 Å². The molecule has 3 aromatic rings. The molecule has 2 aromatic carbocycles. The fourth-order valence-corrected chi connectivity index (χ4v) is 3.85. The first-order chi connectivity index (χ1) is 17.2. The van der Waals surface area contributed by atoms with Gasteiger partial charge in [-0.2, -0.15) is 18.4 Å². The number of hydrogen-bond acceptors (Lipinski definition) is 5. The number of benzene rings is 2. The fourth-order valence-electron chi connectivity index (χ4n) is 3.85. The van der Waals surface area contributed by atoms with Gasteiger partial charge in [0.05, 0.1) is 37.6 Å². The topological polar surface area (TPSA) is 77.1 Å². The number of hydrogen-bond donors (Lipinski definition) is 0. The third kappa shape index (κ3) is 7.11. The van der Waals surface area contributed by atoms with E-state index >= 15 is 0 Å². The van der Waals surface area contributed by atoms with Crippen molar-refractivity contribution in [2.75, 3.05) is 13.2 Å². The highest BCUT2D eigenvalue weighted by Crippen LogP contribution is 2.34. The van der Waals surface area contributed by atoms with Crippen molar-refractivity contribution in [2.24, 2.45) is 5.92 Å². The normalized spacial score (nSPS) is 12.1. The molecule has 0 bridgehead atoms. The highest BCUT2D eigenvalue weighted by atomic mass is 19.4. The molecule has 0 N–H and O–H groups in total. The molecule has 36 heavy (non-hydrogen) atoms. The summed E-state index contributed by atoms with van der Waals surface area (Å²) in [6, 6.07) is 15.2.